The molecular weight excluding hydrogens is 399 g/mol. The van der Waals surface area contributed by atoms with Crippen molar-refractivity contribution in [2.24, 2.45) is 10.9 Å². The molecule has 1 atom stereocenters. The van der Waals surface area contributed by atoms with Crippen LogP contribution in [0.1, 0.15) is 32.6 Å². The van der Waals surface area contributed by atoms with Gasteiger partial charge in [0.05, 0.1) is 0 Å². The van der Waals surface area contributed by atoms with Crippen LogP contribution in [-0.4, -0.2) is 39.2 Å². The lowest BCUT2D eigenvalue weighted by atomic mass is 10.1. The molecule has 5 heteroatoms. The number of hydrogen-bond donors (Lipinski definition) is 2. The SMILES string of the molecule is CCCCCNC(=NC)NCC1CCN(c2ccccc2)C1.I. The van der Waals surface area contributed by atoms with E-state index in [1.807, 2.05) is 7.05 Å². The second kappa shape index (κ2) is 11.5. The van der Waals surface area contributed by atoms with Crippen LogP contribution in [-0.2, 0) is 0 Å². The molecule has 4 nitrogen and oxygen atoms in total. The molecule has 23 heavy (non-hydrogen) atoms. The van der Waals surface area contributed by atoms with Gasteiger partial charge in [-0.2, -0.15) is 0 Å². The average molecular weight is 430 g/mol. The molecule has 1 aromatic carbocycles. The minimum absolute atomic E-state index is 0. The predicted octanol–water partition coefficient (Wildman–Crippen LogP) is 3.49. The Kier molecular flexibility index (Phi) is 10.1. The van der Waals surface area contributed by atoms with Gasteiger partial charge in [-0.05, 0) is 30.9 Å². The number of nitrogens with zero attached hydrogens (tertiary/aromatic N) is 2. The Labute approximate surface area is 158 Å². The zero-order chi connectivity index (χ0) is 15.6. The number of para-hydroxylation sites is 1. The molecule has 1 aromatic rings. The summed E-state index contributed by atoms with van der Waals surface area (Å²) in [6.07, 6.45) is 4.99. The molecule has 2 rings (SSSR count). The first kappa shape index (κ1) is 20.1. The van der Waals surface area contributed by atoms with Crippen LogP contribution in [0.3, 0.4) is 0 Å². The van der Waals surface area contributed by atoms with Gasteiger partial charge < -0.3 is 15.5 Å². The molecule has 0 saturated carbocycles. The maximum Gasteiger partial charge on any atom is 0.190 e. The van der Waals surface area contributed by atoms with Crippen LogP contribution >= 0.6 is 24.0 Å². The molecule has 1 fully saturated rings. The van der Waals surface area contributed by atoms with E-state index in [0.717, 1.165) is 32.1 Å². The fraction of sp³-hybridized carbons (Fsp3) is 0.611. The van der Waals surface area contributed by atoms with Gasteiger partial charge in [-0.3, -0.25) is 4.99 Å². The van der Waals surface area contributed by atoms with E-state index in [-0.39, 0.29) is 24.0 Å². The summed E-state index contributed by atoms with van der Waals surface area (Å²) in [7, 11) is 1.85. The van der Waals surface area contributed by atoms with Crippen LogP contribution in [0.25, 0.3) is 0 Å². The van der Waals surface area contributed by atoms with Crippen molar-refractivity contribution < 1.29 is 0 Å². The number of rotatable bonds is 7. The quantitative estimate of drug-likeness (QED) is 0.301. The molecule has 1 aliphatic heterocycles. The molecule has 130 valence electrons. The number of guanidine groups is 1. The number of aliphatic imine (C=N–C) groups is 1. The third-order valence-electron chi connectivity index (χ3n) is 4.26. The van der Waals surface area contributed by atoms with Crippen molar-refractivity contribution in [2.75, 3.05) is 38.1 Å². The maximum atomic E-state index is 4.30. The van der Waals surface area contributed by atoms with Crippen molar-refractivity contribution in [3.8, 4) is 0 Å². The van der Waals surface area contributed by atoms with Crippen molar-refractivity contribution in [1.29, 1.82) is 0 Å². The Bertz CT molecular complexity index is 450. The van der Waals surface area contributed by atoms with Gasteiger partial charge in [0.2, 0.25) is 0 Å². The normalized spacial score (nSPS) is 17.7. The van der Waals surface area contributed by atoms with E-state index in [1.165, 1.54) is 31.4 Å². The van der Waals surface area contributed by atoms with E-state index in [2.05, 4.69) is 57.8 Å². The first-order valence-electron chi connectivity index (χ1n) is 8.58. The molecule has 0 bridgehead atoms. The highest BCUT2D eigenvalue weighted by Gasteiger charge is 2.22. The maximum absolute atomic E-state index is 4.30. The highest BCUT2D eigenvalue weighted by atomic mass is 127. The van der Waals surface area contributed by atoms with Crippen molar-refractivity contribution in [2.45, 2.75) is 32.6 Å². The van der Waals surface area contributed by atoms with Crippen molar-refractivity contribution in [1.82, 2.24) is 10.6 Å². The van der Waals surface area contributed by atoms with Crippen molar-refractivity contribution >= 4 is 35.6 Å². The monoisotopic (exact) mass is 430 g/mol. The van der Waals surface area contributed by atoms with E-state index < -0.39 is 0 Å². The van der Waals surface area contributed by atoms with Gasteiger partial charge in [0, 0.05) is 38.9 Å². The Hall–Kier alpha value is -0.980. The zero-order valence-electron chi connectivity index (χ0n) is 14.4. The molecule has 0 radical (unpaired) electrons. The van der Waals surface area contributed by atoms with Crippen LogP contribution < -0.4 is 15.5 Å². The second-order valence-corrected chi connectivity index (χ2v) is 6.02. The zero-order valence-corrected chi connectivity index (χ0v) is 16.8. The summed E-state index contributed by atoms with van der Waals surface area (Å²) in [4.78, 5) is 6.78. The Balaban J connectivity index is 0.00000264. The molecule has 0 amide bonds. The first-order valence-corrected chi connectivity index (χ1v) is 8.58. The van der Waals surface area contributed by atoms with Crippen LogP contribution in [0.4, 0.5) is 5.69 Å². The van der Waals surface area contributed by atoms with Gasteiger partial charge in [0.15, 0.2) is 5.96 Å². The van der Waals surface area contributed by atoms with Crippen LogP contribution in [0.5, 0.6) is 0 Å². The van der Waals surface area contributed by atoms with Gasteiger partial charge >= 0.3 is 0 Å². The van der Waals surface area contributed by atoms with E-state index >= 15 is 0 Å². The van der Waals surface area contributed by atoms with Crippen LogP contribution in [0.15, 0.2) is 35.3 Å². The highest BCUT2D eigenvalue weighted by Crippen LogP contribution is 2.22. The number of hydrogen-bond acceptors (Lipinski definition) is 2. The Morgan fingerprint density at radius 1 is 1.22 bits per heavy atom. The predicted molar refractivity (Wildman–Crippen MR) is 111 cm³/mol. The van der Waals surface area contributed by atoms with Gasteiger partial charge in [0.25, 0.3) is 0 Å². The van der Waals surface area contributed by atoms with E-state index in [0.29, 0.717) is 5.92 Å². The van der Waals surface area contributed by atoms with Gasteiger partial charge in [-0.15, -0.1) is 24.0 Å². The minimum Gasteiger partial charge on any atom is -0.371 e. The van der Waals surface area contributed by atoms with Crippen LogP contribution in [0, 0.1) is 5.92 Å². The standard InChI is InChI=1S/C18H30N4.HI/c1-3-4-8-12-20-18(19-2)21-14-16-11-13-22(15-16)17-9-6-5-7-10-17;/h5-7,9-10,16H,3-4,8,11-15H2,1-2H3,(H2,19,20,21);1H. The highest BCUT2D eigenvalue weighted by molar-refractivity contribution is 14.0. The number of anilines is 1. The first-order chi connectivity index (χ1) is 10.8. The molecule has 0 aromatic heterocycles. The summed E-state index contributed by atoms with van der Waals surface area (Å²) in [5.74, 6) is 1.63. The van der Waals surface area contributed by atoms with Gasteiger partial charge in [0.1, 0.15) is 0 Å². The summed E-state index contributed by atoms with van der Waals surface area (Å²) >= 11 is 0. The van der Waals surface area contributed by atoms with Gasteiger partial charge in [-0.25, -0.2) is 0 Å². The largest absolute Gasteiger partial charge is 0.371 e. The summed E-state index contributed by atoms with van der Waals surface area (Å²) < 4.78 is 0. The molecule has 0 aliphatic carbocycles. The number of nitrogens with one attached hydrogen (secondary N) is 2. The third kappa shape index (κ3) is 6.97. The van der Waals surface area contributed by atoms with Crippen molar-refractivity contribution in [3.63, 3.8) is 0 Å². The topological polar surface area (TPSA) is 39.7 Å². The fourth-order valence-corrected chi connectivity index (χ4v) is 2.92. The van der Waals surface area contributed by atoms with E-state index in [1.54, 1.807) is 0 Å². The number of unbranched alkanes of at least 4 members (excludes halogenated alkanes) is 2. The van der Waals surface area contributed by atoms with Crippen LogP contribution in [0.2, 0.25) is 0 Å². The average Bonchev–Trinajstić information content (AvgIpc) is 3.04. The molecular formula is C18H31IN4. The number of benzene rings is 1. The lowest BCUT2D eigenvalue weighted by Gasteiger charge is -2.19. The lowest BCUT2D eigenvalue weighted by molar-refractivity contribution is 0.564. The number of halogens is 1. The Morgan fingerprint density at radius 3 is 2.70 bits per heavy atom. The fourth-order valence-electron chi connectivity index (χ4n) is 2.92. The molecule has 1 heterocycles. The summed E-state index contributed by atoms with van der Waals surface area (Å²) in [6.45, 7) is 6.51. The molecule has 1 saturated heterocycles. The molecule has 1 aliphatic rings. The second-order valence-electron chi connectivity index (χ2n) is 6.02. The molecule has 0 spiro atoms. The smallest absolute Gasteiger partial charge is 0.190 e. The van der Waals surface area contributed by atoms with E-state index in [9.17, 15) is 0 Å². The summed E-state index contributed by atoms with van der Waals surface area (Å²) in [5, 5.41) is 6.87. The molecule has 2 N–H and O–H groups in total. The van der Waals surface area contributed by atoms with Crippen molar-refractivity contribution in [3.05, 3.63) is 30.3 Å². The summed E-state index contributed by atoms with van der Waals surface area (Å²) in [5.41, 5.74) is 1.34. The van der Waals surface area contributed by atoms with Gasteiger partial charge in [-0.1, -0.05) is 38.0 Å². The molecule has 1 unspecified atom stereocenters. The minimum atomic E-state index is 0. The van der Waals surface area contributed by atoms with E-state index in [4.69, 9.17) is 0 Å². The Morgan fingerprint density at radius 2 is 2.00 bits per heavy atom. The third-order valence-corrected chi connectivity index (χ3v) is 4.26. The summed E-state index contributed by atoms with van der Waals surface area (Å²) in [6, 6.07) is 10.7. The lowest BCUT2D eigenvalue weighted by Crippen LogP contribution is -2.40.